The minimum absolute atomic E-state index is 0.0193. The van der Waals surface area contributed by atoms with Crippen molar-refractivity contribution in [2.75, 3.05) is 6.54 Å². The zero-order valence-corrected chi connectivity index (χ0v) is 5.07. The third-order valence-corrected chi connectivity index (χ3v) is 1.06. The third kappa shape index (κ3) is 1.25. The first-order valence-electron chi connectivity index (χ1n) is 2.67. The maximum atomic E-state index is 10.0. The Labute approximate surface area is 56.8 Å². The number of aliphatic hydroxyl groups is 1. The van der Waals surface area contributed by atoms with E-state index in [-0.39, 0.29) is 18.0 Å². The highest BCUT2D eigenvalue weighted by molar-refractivity contribution is 5.18. The Morgan fingerprint density at radius 1 is 1.80 bits per heavy atom. The highest BCUT2D eigenvalue weighted by Gasteiger charge is 2.11. The summed E-state index contributed by atoms with van der Waals surface area (Å²) < 4.78 is 0. The molecular weight excluding hydrogens is 136 g/mol. The monoisotopic (exact) mass is 142 g/mol. The molecule has 1 aliphatic rings. The molecule has 1 rings (SSSR count). The zero-order chi connectivity index (χ0) is 7.56. The summed E-state index contributed by atoms with van der Waals surface area (Å²) in [5.74, 6) is -0.0193. The van der Waals surface area contributed by atoms with Crippen LogP contribution in [0.5, 0.6) is 0 Å². The number of hydrogen-bond acceptors (Lipinski definition) is 4. The van der Waals surface area contributed by atoms with Gasteiger partial charge < -0.3 is 10.4 Å². The van der Waals surface area contributed by atoms with Crippen LogP contribution in [0, 0.1) is 10.1 Å². The van der Waals surface area contributed by atoms with Gasteiger partial charge in [0, 0.05) is 0 Å². The van der Waals surface area contributed by atoms with Gasteiger partial charge in [0.1, 0.15) is 5.76 Å². The number of nitrogens with zero attached hydrogens (tertiary/aromatic N) is 1. The molecule has 0 unspecified atom stereocenters. The molecule has 1 aliphatic heterocycles. The van der Waals surface area contributed by atoms with Gasteiger partial charge in [-0.1, -0.05) is 0 Å². The summed E-state index contributed by atoms with van der Waals surface area (Å²) in [6.45, 7) is 0.261. The third-order valence-electron chi connectivity index (χ3n) is 1.06. The first-order valence-corrected chi connectivity index (χ1v) is 2.67. The van der Waals surface area contributed by atoms with E-state index in [2.05, 4.69) is 5.32 Å². The van der Waals surface area contributed by atoms with Gasteiger partial charge in [-0.25, -0.2) is 0 Å². The topological polar surface area (TPSA) is 75.4 Å². The van der Waals surface area contributed by atoms with Gasteiger partial charge in [0.2, 0.25) is 0 Å². The molecule has 5 nitrogen and oxygen atoms in total. The van der Waals surface area contributed by atoms with Crippen LogP contribution in [0.15, 0.2) is 23.7 Å². The van der Waals surface area contributed by atoms with Crippen LogP contribution in [0.2, 0.25) is 0 Å². The molecule has 0 fully saturated rings. The predicted molar refractivity (Wildman–Crippen MR) is 33.8 cm³/mol. The lowest BCUT2D eigenvalue weighted by molar-refractivity contribution is -0.419. The minimum Gasteiger partial charge on any atom is -0.510 e. The second-order valence-electron chi connectivity index (χ2n) is 1.84. The van der Waals surface area contributed by atoms with Gasteiger partial charge in [0.15, 0.2) is 0 Å². The number of hydrogen-bond donors (Lipinski definition) is 2. The summed E-state index contributed by atoms with van der Waals surface area (Å²) >= 11 is 0. The lowest BCUT2D eigenvalue weighted by atomic mass is 10.3. The first kappa shape index (κ1) is 6.60. The quantitative estimate of drug-likeness (QED) is 0.403. The Morgan fingerprint density at radius 2 is 2.50 bits per heavy atom. The van der Waals surface area contributed by atoms with E-state index in [0.717, 1.165) is 6.08 Å². The molecule has 1 heterocycles. The Bertz CT molecular complexity index is 219. The summed E-state index contributed by atoms with van der Waals surface area (Å²) in [4.78, 5) is 9.47. The molecule has 0 spiro atoms. The number of nitrogens with one attached hydrogen (secondary N) is 1. The summed E-state index contributed by atoms with van der Waals surface area (Å²) in [6.07, 6.45) is 2.37. The summed E-state index contributed by atoms with van der Waals surface area (Å²) in [5.41, 5.74) is -0.122. The van der Waals surface area contributed by atoms with Crippen LogP contribution in [0.25, 0.3) is 0 Å². The smallest absolute Gasteiger partial charge is 0.288 e. The van der Waals surface area contributed by atoms with Gasteiger partial charge in [-0.05, 0) is 0 Å². The lowest BCUT2D eigenvalue weighted by Crippen LogP contribution is -2.17. The average Bonchev–Trinajstić information content (AvgIpc) is 1.88. The number of nitro groups is 1. The maximum Gasteiger partial charge on any atom is 0.288 e. The Kier molecular flexibility index (Phi) is 1.57. The number of allylic oxidation sites excluding steroid dienone is 1. The van der Waals surface area contributed by atoms with E-state index >= 15 is 0 Å². The van der Waals surface area contributed by atoms with E-state index in [9.17, 15) is 10.1 Å². The molecule has 0 bridgehead atoms. The van der Waals surface area contributed by atoms with Crippen molar-refractivity contribution < 1.29 is 10.0 Å². The molecule has 0 radical (unpaired) electrons. The van der Waals surface area contributed by atoms with Gasteiger partial charge in [-0.2, -0.15) is 0 Å². The van der Waals surface area contributed by atoms with Gasteiger partial charge in [-0.15, -0.1) is 0 Å². The van der Waals surface area contributed by atoms with E-state index in [0.29, 0.717) is 0 Å². The molecule has 5 heteroatoms. The van der Waals surface area contributed by atoms with Crippen molar-refractivity contribution in [1.29, 1.82) is 0 Å². The fourth-order valence-corrected chi connectivity index (χ4v) is 0.629. The second-order valence-corrected chi connectivity index (χ2v) is 1.84. The molecule has 0 saturated heterocycles. The van der Waals surface area contributed by atoms with E-state index in [1.54, 1.807) is 0 Å². The Balaban J connectivity index is 2.79. The fourth-order valence-electron chi connectivity index (χ4n) is 0.629. The zero-order valence-electron chi connectivity index (χ0n) is 5.07. The van der Waals surface area contributed by atoms with Gasteiger partial charge in [0.25, 0.3) is 5.70 Å². The van der Waals surface area contributed by atoms with Crippen LogP contribution in [0.3, 0.4) is 0 Å². The normalized spacial score (nSPS) is 16.8. The van der Waals surface area contributed by atoms with Crippen molar-refractivity contribution in [3.8, 4) is 0 Å². The number of rotatable bonds is 1. The van der Waals surface area contributed by atoms with E-state index in [1.165, 1.54) is 6.20 Å². The summed E-state index contributed by atoms with van der Waals surface area (Å²) in [5, 5.41) is 21.4. The van der Waals surface area contributed by atoms with Gasteiger partial charge in [-0.3, -0.25) is 10.1 Å². The van der Waals surface area contributed by atoms with Crippen LogP contribution >= 0.6 is 0 Å². The van der Waals surface area contributed by atoms with Crippen molar-refractivity contribution >= 4 is 0 Å². The summed E-state index contributed by atoms with van der Waals surface area (Å²) in [6, 6.07) is 0. The van der Waals surface area contributed by atoms with Crippen LogP contribution in [0.1, 0.15) is 0 Å². The fraction of sp³-hybridized carbons (Fsp3) is 0.200. The molecule has 0 aliphatic carbocycles. The van der Waals surface area contributed by atoms with Crippen molar-refractivity contribution in [2.45, 2.75) is 0 Å². The molecular formula is C5H6N2O3. The first-order chi connectivity index (χ1) is 4.70. The van der Waals surface area contributed by atoms with Crippen LogP contribution < -0.4 is 5.32 Å². The van der Waals surface area contributed by atoms with Crippen molar-refractivity contribution in [1.82, 2.24) is 5.32 Å². The number of aliphatic hydroxyl groups excluding tert-OH is 1. The standard InChI is InChI=1S/C5H6N2O3/c8-5-1-4(7(9)10)2-6-3-5/h1-2,6,8H,3H2. The van der Waals surface area contributed by atoms with Gasteiger partial charge in [0.05, 0.1) is 23.7 Å². The van der Waals surface area contributed by atoms with E-state index in [4.69, 9.17) is 5.11 Å². The number of dihydropyridines is 1. The second kappa shape index (κ2) is 2.38. The Morgan fingerprint density at radius 3 is 2.90 bits per heavy atom. The van der Waals surface area contributed by atoms with E-state index in [1.807, 2.05) is 0 Å². The molecule has 10 heavy (non-hydrogen) atoms. The van der Waals surface area contributed by atoms with Gasteiger partial charge >= 0.3 is 0 Å². The maximum absolute atomic E-state index is 10.0. The average molecular weight is 142 g/mol. The van der Waals surface area contributed by atoms with Crippen molar-refractivity contribution in [3.05, 3.63) is 33.8 Å². The lowest BCUT2D eigenvalue weighted by Gasteiger charge is -2.04. The van der Waals surface area contributed by atoms with Crippen molar-refractivity contribution in [2.24, 2.45) is 0 Å². The molecule has 2 N–H and O–H groups in total. The van der Waals surface area contributed by atoms with Crippen LogP contribution in [-0.4, -0.2) is 16.6 Å². The van der Waals surface area contributed by atoms with E-state index < -0.39 is 4.92 Å². The van der Waals surface area contributed by atoms with Crippen molar-refractivity contribution in [3.63, 3.8) is 0 Å². The molecule has 0 amide bonds. The highest BCUT2D eigenvalue weighted by Crippen LogP contribution is 2.03. The molecule has 54 valence electrons. The SMILES string of the molecule is O=[N+]([O-])C1=CNCC(O)=C1. The minimum atomic E-state index is -0.567. The largest absolute Gasteiger partial charge is 0.510 e. The molecule has 0 aromatic rings. The highest BCUT2D eigenvalue weighted by atomic mass is 16.6. The molecule has 0 aromatic heterocycles. The van der Waals surface area contributed by atoms with Crippen LogP contribution in [-0.2, 0) is 0 Å². The van der Waals surface area contributed by atoms with Crippen LogP contribution in [0.4, 0.5) is 0 Å². The predicted octanol–water partition coefficient (Wildman–Crippen LogP) is 0.150. The molecule has 0 aromatic carbocycles. The molecule has 0 atom stereocenters. The Hall–Kier alpha value is -1.52. The summed E-state index contributed by atoms with van der Waals surface area (Å²) in [7, 11) is 0. The molecule has 0 saturated carbocycles.